The molecule has 2 aromatic rings. The Labute approximate surface area is 125 Å². The second-order valence-electron chi connectivity index (χ2n) is 4.19. The summed E-state index contributed by atoms with van der Waals surface area (Å²) < 4.78 is 0. The number of hydrogen-bond acceptors (Lipinski definition) is 5. The predicted molar refractivity (Wildman–Crippen MR) is 80.9 cm³/mol. The van der Waals surface area contributed by atoms with Gasteiger partial charge in [-0.3, -0.25) is 4.79 Å². The third-order valence-electron chi connectivity index (χ3n) is 2.65. The van der Waals surface area contributed by atoms with Gasteiger partial charge in [-0.1, -0.05) is 11.8 Å². The lowest BCUT2D eigenvalue weighted by atomic mass is 10.3. The van der Waals surface area contributed by atoms with Crippen LogP contribution in [0, 0.1) is 18.8 Å². The van der Waals surface area contributed by atoms with E-state index in [2.05, 4.69) is 16.8 Å². The Bertz CT molecular complexity index is 664. The summed E-state index contributed by atoms with van der Waals surface area (Å²) >= 11 is 2.92. The lowest BCUT2D eigenvalue weighted by Crippen LogP contribution is -2.25. The minimum Gasteiger partial charge on any atom is -0.384 e. The minimum atomic E-state index is -0.145. The van der Waals surface area contributed by atoms with Gasteiger partial charge in [0.25, 0.3) is 5.91 Å². The number of amides is 1. The number of nitrogens with zero attached hydrogens (tertiary/aromatic N) is 2. The van der Waals surface area contributed by atoms with Crippen LogP contribution in [-0.2, 0) is 6.54 Å². The fourth-order valence-electron chi connectivity index (χ4n) is 1.66. The summed E-state index contributed by atoms with van der Waals surface area (Å²) in [5.41, 5.74) is 3.32. The molecule has 0 spiro atoms. The second kappa shape index (κ2) is 6.66. The zero-order valence-electron chi connectivity index (χ0n) is 11.2. The number of aryl methyl sites for hydroxylation is 1. The van der Waals surface area contributed by atoms with Gasteiger partial charge in [-0.25, -0.2) is 4.98 Å². The molecule has 0 radical (unpaired) electrons. The summed E-state index contributed by atoms with van der Waals surface area (Å²) in [5, 5.41) is 10.6. The molecule has 0 bridgehead atoms. The van der Waals surface area contributed by atoms with Gasteiger partial charge in [-0.05, 0) is 13.0 Å². The second-order valence-corrected chi connectivity index (χ2v) is 6.04. The molecule has 1 N–H and O–H groups in total. The average molecular weight is 306 g/mol. The van der Waals surface area contributed by atoms with E-state index in [0.717, 1.165) is 16.1 Å². The number of carbonyl (C=O) groups is 1. The highest BCUT2D eigenvalue weighted by Gasteiger charge is 2.17. The molecule has 0 saturated heterocycles. The first-order chi connectivity index (χ1) is 9.61. The Morgan fingerprint density at radius 1 is 1.50 bits per heavy atom. The SMILES string of the molecule is Cc1ncsc1C(=O)N(C)Cc1cc(C#CCO)cs1. The van der Waals surface area contributed by atoms with Crippen molar-refractivity contribution in [3.05, 3.63) is 38.0 Å². The third kappa shape index (κ3) is 3.45. The molecule has 0 aliphatic rings. The van der Waals surface area contributed by atoms with E-state index >= 15 is 0 Å². The maximum atomic E-state index is 12.2. The summed E-state index contributed by atoms with van der Waals surface area (Å²) in [6.45, 7) is 2.24. The first-order valence-electron chi connectivity index (χ1n) is 5.94. The Morgan fingerprint density at radius 3 is 2.95 bits per heavy atom. The molecule has 2 rings (SSSR count). The molecule has 6 heteroatoms. The molecule has 2 aromatic heterocycles. The van der Waals surface area contributed by atoms with E-state index in [1.54, 1.807) is 28.8 Å². The fraction of sp³-hybridized carbons (Fsp3) is 0.286. The van der Waals surface area contributed by atoms with Crippen LogP contribution >= 0.6 is 22.7 Å². The number of aliphatic hydroxyl groups excluding tert-OH is 1. The van der Waals surface area contributed by atoms with Gasteiger partial charge in [0.15, 0.2) is 0 Å². The van der Waals surface area contributed by atoms with Crippen LogP contribution in [0.2, 0.25) is 0 Å². The Morgan fingerprint density at radius 2 is 2.30 bits per heavy atom. The highest BCUT2D eigenvalue weighted by molar-refractivity contribution is 7.12. The Balaban J connectivity index is 2.04. The summed E-state index contributed by atoms with van der Waals surface area (Å²) in [6, 6.07) is 1.94. The van der Waals surface area contributed by atoms with Crippen molar-refractivity contribution in [2.24, 2.45) is 0 Å². The van der Waals surface area contributed by atoms with Gasteiger partial charge in [0.2, 0.25) is 0 Å². The Kier molecular flexibility index (Phi) is 4.90. The fourth-order valence-corrected chi connectivity index (χ4v) is 3.32. The number of thiophene rings is 1. The number of hydrogen-bond donors (Lipinski definition) is 1. The van der Waals surface area contributed by atoms with Gasteiger partial charge in [-0.15, -0.1) is 22.7 Å². The molecule has 2 heterocycles. The lowest BCUT2D eigenvalue weighted by molar-refractivity contribution is 0.0790. The van der Waals surface area contributed by atoms with Crippen molar-refractivity contribution < 1.29 is 9.90 Å². The number of thiazole rings is 1. The quantitative estimate of drug-likeness (QED) is 0.884. The van der Waals surface area contributed by atoms with E-state index < -0.39 is 0 Å². The smallest absolute Gasteiger partial charge is 0.265 e. The summed E-state index contributed by atoms with van der Waals surface area (Å²) in [4.78, 5) is 19.8. The van der Waals surface area contributed by atoms with Crippen LogP contribution < -0.4 is 0 Å². The van der Waals surface area contributed by atoms with Gasteiger partial charge >= 0.3 is 0 Å². The van der Waals surface area contributed by atoms with Crippen molar-refractivity contribution in [3.8, 4) is 11.8 Å². The van der Waals surface area contributed by atoms with E-state index in [-0.39, 0.29) is 12.5 Å². The van der Waals surface area contributed by atoms with E-state index in [1.807, 2.05) is 18.4 Å². The van der Waals surface area contributed by atoms with Crippen molar-refractivity contribution in [1.82, 2.24) is 9.88 Å². The van der Waals surface area contributed by atoms with Crippen molar-refractivity contribution in [2.75, 3.05) is 13.7 Å². The van der Waals surface area contributed by atoms with Crippen LogP contribution in [-0.4, -0.2) is 34.6 Å². The number of rotatable bonds is 3. The van der Waals surface area contributed by atoms with Gasteiger partial charge in [-0.2, -0.15) is 0 Å². The standard InChI is InChI=1S/C14H14N2O2S2/c1-10-13(20-9-15-10)14(18)16(2)7-12-6-11(8-19-12)4-3-5-17/h6,8-9,17H,5,7H2,1-2H3. The van der Waals surface area contributed by atoms with Crippen LogP contribution in [0.3, 0.4) is 0 Å². The van der Waals surface area contributed by atoms with Gasteiger partial charge in [0.05, 0.1) is 17.7 Å². The lowest BCUT2D eigenvalue weighted by Gasteiger charge is -2.15. The molecule has 0 atom stereocenters. The molecular weight excluding hydrogens is 292 g/mol. The molecule has 1 amide bonds. The van der Waals surface area contributed by atoms with Gasteiger partial charge < -0.3 is 10.0 Å². The first kappa shape index (κ1) is 14.7. The molecule has 20 heavy (non-hydrogen) atoms. The molecule has 0 aromatic carbocycles. The molecule has 104 valence electrons. The molecule has 0 aliphatic carbocycles. The summed E-state index contributed by atoms with van der Waals surface area (Å²) in [7, 11) is 1.78. The van der Waals surface area contributed by atoms with Crippen LogP contribution in [0.4, 0.5) is 0 Å². The first-order valence-corrected chi connectivity index (χ1v) is 7.70. The van der Waals surface area contributed by atoms with Crippen molar-refractivity contribution in [3.63, 3.8) is 0 Å². The van der Waals surface area contributed by atoms with Crippen LogP contribution in [0.5, 0.6) is 0 Å². The largest absolute Gasteiger partial charge is 0.384 e. The monoisotopic (exact) mass is 306 g/mol. The maximum absolute atomic E-state index is 12.2. The van der Waals surface area contributed by atoms with Crippen LogP contribution in [0.25, 0.3) is 0 Å². The van der Waals surface area contributed by atoms with E-state index in [1.165, 1.54) is 11.3 Å². The van der Waals surface area contributed by atoms with Crippen molar-refractivity contribution >= 4 is 28.6 Å². The molecule has 4 nitrogen and oxygen atoms in total. The van der Waals surface area contributed by atoms with Crippen LogP contribution in [0.15, 0.2) is 17.0 Å². The zero-order chi connectivity index (χ0) is 14.5. The van der Waals surface area contributed by atoms with E-state index in [9.17, 15) is 4.79 Å². The molecular formula is C14H14N2O2S2. The number of carbonyl (C=O) groups excluding carboxylic acids is 1. The normalized spacial score (nSPS) is 9.95. The number of aliphatic hydroxyl groups is 1. The van der Waals surface area contributed by atoms with Gasteiger partial charge in [0, 0.05) is 22.9 Å². The maximum Gasteiger partial charge on any atom is 0.265 e. The van der Waals surface area contributed by atoms with Crippen molar-refractivity contribution in [1.29, 1.82) is 0 Å². The molecule has 0 unspecified atom stereocenters. The summed E-state index contributed by atoms with van der Waals surface area (Å²) in [6.07, 6.45) is 0. The predicted octanol–water partition coefficient (Wildman–Crippen LogP) is 2.13. The molecule has 0 aliphatic heterocycles. The minimum absolute atomic E-state index is 0.0126. The van der Waals surface area contributed by atoms with E-state index in [0.29, 0.717) is 11.4 Å². The zero-order valence-corrected chi connectivity index (χ0v) is 12.8. The topological polar surface area (TPSA) is 53.4 Å². The number of aromatic nitrogens is 1. The third-order valence-corrected chi connectivity index (χ3v) is 4.48. The van der Waals surface area contributed by atoms with E-state index in [4.69, 9.17) is 5.11 Å². The van der Waals surface area contributed by atoms with Crippen LogP contribution in [0.1, 0.15) is 25.8 Å². The molecule has 0 fully saturated rings. The highest BCUT2D eigenvalue weighted by Crippen LogP contribution is 2.19. The highest BCUT2D eigenvalue weighted by atomic mass is 32.1. The van der Waals surface area contributed by atoms with Crippen molar-refractivity contribution in [2.45, 2.75) is 13.5 Å². The molecule has 0 saturated carbocycles. The Hall–Kier alpha value is -1.68. The van der Waals surface area contributed by atoms with Gasteiger partial charge in [0.1, 0.15) is 11.5 Å². The summed E-state index contributed by atoms with van der Waals surface area (Å²) in [5.74, 6) is 5.45. The average Bonchev–Trinajstić information content (AvgIpc) is 3.04.